The molecule has 168 valence electrons. The zero-order chi connectivity index (χ0) is 22.2. The molecule has 5 rings (SSSR count). The zero-order valence-corrected chi connectivity index (χ0v) is 19.3. The summed E-state index contributed by atoms with van der Waals surface area (Å²) < 4.78 is 0. The number of carbonyl (C=O) groups is 2. The van der Waals surface area contributed by atoms with Gasteiger partial charge in [-0.25, -0.2) is 0 Å². The first-order chi connectivity index (χ1) is 15.5. The van der Waals surface area contributed by atoms with E-state index < -0.39 is 0 Å². The van der Waals surface area contributed by atoms with Gasteiger partial charge in [0.25, 0.3) is 0 Å². The van der Waals surface area contributed by atoms with Crippen LogP contribution in [0.2, 0.25) is 0 Å². The fourth-order valence-electron chi connectivity index (χ4n) is 5.51. The smallest absolute Gasteiger partial charge is 0.227 e. The number of rotatable bonds is 5. The zero-order valence-electron chi connectivity index (χ0n) is 19.3. The van der Waals surface area contributed by atoms with Crippen LogP contribution in [0, 0.1) is 13.8 Å². The van der Waals surface area contributed by atoms with Crippen molar-refractivity contribution in [2.24, 2.45) is 0 Å². The van der Waals surface area contributed by atoms with Gasteiger partial charge in [0, 0.05) is 63.4 Å². The van der Waals surface area contributed by atoms with E-state index in [1.807, 2.05) is 4.90 Å². The molecular formula is C27H33N3O2. The van der Waals surface area contributed by atoms with E-state index in [9.17, 15) is 9.59 Å². The summed E-state index contributed by atoms with van der Waals surface area (Å²) in [5.41, 5.74) is 8.37. The Balaban J connectivity index is 1.20. The molecule has 3 aliphatic rings. The highest BCUT2D eigenvalue weighted by molar-refractivity contribution is 6.01. The molecule has 1 saturated heterocycles. The highest BCUT2D eigenvalue weighted by Crippen LogP contribution is 2.37. The average Bonchev–Trinajstić information content (AvgIpc) is 2.82. The summed E-state index contributed by atoms with van der Waals surface area (Å²) in [4.78, 5) is 32.2. The van der Waals surface area contributed by atoms with Crippen molar-refractivity contribution in [1.29, 1.82) is 0 Å². The largest absolute Gasteiger partial charge is 0.369 e. The number of hydrogen-bond acceptors (Lipinski definition) is 4. The molecule has 0 saturated carbocycles. The number of carbonyl (C=O) groups excluding carboxylic acids is 2. The van der Waals surface area contributed by atoms with E-state index in [1.54, 1.807) is 0 Å². The number of anilines is 2. The fraction of sp³-hybridized carbons (Fsp3) is 0.481. The van der Waals surface area contributed by atoms with Crippen LogP contribution in [0.15, 0.2) is 30.3 Å². The van der Waals surface area contributed by atoms with Crippen molar-refractivity contribution >= 4 is 23.1 Å². The lowest BCUT2D eigenvalue weighted by molar-refractivity contribution is -0.119. The van der Waals surface area contributed by atoms with E-state index in [-0.39, 0.29) is 11.7 Å². The number of aryl methyl sites for hydroxylation is 3. The Morgan fingerprint density at radius 1 is 0.938 bits per heavy atom. The number of amides is 1. The van der Waals surface area contributed by atoms with Crippen molar-refractivity contribution in [3.63, 3.8) is 0 Å². The minimum absolute atomic E-state index is 0.232. The quantitative estimate of drug-likeness (QED) is 0.673. The molecule has 0 aliphatic carbocycles. The summed E-state index contributed by atoms with van der Waals surface area (Å²) in [5, 5.41) is 0. The molecule has 0 bridgehead atoms. The number of Topliss-reactive ketones (excluding diaryl/α,β-unsaturated/α-hetero) is 1. The molecule has 3 aliphatic heterocycles. The molecule has 2 aromatic rings. The average molecular weight is 432 g/mol. The predicted octanol–water partition coefficient (Wildman–Crippen LogP) is 3.92. The molecule has 0 unspecified atom stereocenters. The summed E-state index contributed by atoms with van der Waals surface area (Å²) in [6.45, 7) is 10.0. The summed E-state index contributed by atoms with van der Waals surface area (Å²) in [6.07, 6.45) is 3.84. The van der Waals surface area contributed by atoms with E-state index in [2.05, 4.69) is 54.0 Å². The first kappa shape index (κ1) is 21.2. The van der Waals surface area contributed by atoms with Gasteiger partial charge in [-0.1, -0.05) is 12.1 Å². The van der Waals surface area contributed by atoms with E-state index in [0.29, 0.717) is 12.8 Å². The van der Waals surface area contributed by atoms with Crippen molar-refractivity contribution in [2.75, 3.05) is 49.1 Å². The number of ketones is 1. The van der Waals surface area contributed by atoms with Gasteiger partial charge in [-0.05, 0) is 73.6 Å². The van der Waals surface area contributed by atoms with Crippen LogP contribution in [0.3, 0.4) is 0 Å². The van der Waals surface area contributed by atoms with E-state index in [0.717, 1.165) is 69.8 Å². The molecular weight excluding hydrogens is 398 g/mol. The minimum Gasteiger partial charge on any atom is -0.369 e. The molecule has 1 fully saturated rings. The van der Waals surface area contributed by atoms with Crippen LogP contribution in [0.5, 0.6) is 0 Å². The Bertz CT molecular complexity index is 1040. The SMILES string of the molecule is Cc1cccc(N2CCN(CCC(=O)c3cc4c5c(c3)CCC(=O)N5CCC4)CC2)c1C. The Morgan fingerprint density at radius 3 is 2.47 bits per heavy atom. The minimum atomic E-state index is 0.232. The van der Waals surface area contributed by atoms with Crippen LogP contribution >= 0.6 is 0 Å². The normalized spacial score (nSPS) is 18.6. The predicted molar refractivity (Wildman–Crippen MR) is 129 cm³/mol. The van der Waals surface area contributed by atoms with E-state index in [4.69, 9.17) is 0 Å². The summed E-state index contributed by atoms with van der Waals surface area (Å²) in [5.74, 6) is 0.465. The molecule has 5 nitrogen and oxygen atoms in total. The number of hydrogen-bond donors (Lipinski definition) is 0. The first-order valence-electron chi connectivity index (χ1n) is 12.0. The van der Waals surface area contributed by atoms with Crippen LogP contribution in [0.1, 0.15) is 51.9 Å². The molecule has 2 aromatic carbocycles. The van der Waals surface area contributed by atoms with Gasteiger partial charge in [-0.15, -0.1) is 0 Å². The van der Waals surface area contributed by atoms with Crippen LogP contribution in [-0.2, 0) is 17.6 Å². The lowest BCUT2D eigenvalue weighted by atomic mass is 9.88. The first-order valence-corrected chi connectivity index (χ1v) is 12.0. The Morgan fingerprint density at radius 2 is 1.69 bits per heavy atom. The van der Waals surface area contributed by atoms with Gasteiger partial charge in [0.2, 0.25) is 5.91 Å². The Labute approximate surface area is 191 Å². The third-order valence-corrected chi connectivity index (χ3v) is 7.54. The molecule has 32 heavy (non-hydrogen) atoms. The molecule has 1 amide bonds. The van der Waals surface area contributed by atoms with Gasteiger partial charge >= 0.3 is 0 Å². The molecule has 0 N–H and O–H groups in total. The number of benzene rings is 2. The molecule has 0 radical (unpaired) electrons. The van der Waals surface area contributed by atoms with Crippen molar-refractivity contribution in [3.8, 4) is 0 Å². The van der Waals surface area contributed by atoms with Crippen LogP contribution in [-0.4, -0.2) is 55.9 Å². The highest BCUT2D eigenvalue weighted by atomic mass is 16.2. The lowest BCUT2D eigenvalue weighted by Gasteiger charge is -2.37. The van der Waals surface area contributed by atoms with Crippen molar-refractivity contribution < 1.29 is 9.59 Å². The lowest BCUT2D eigenvalue weighted by Crippen LogP contribution is -2.47. The van der Waals surface area contributed by atoms with Gasteiger partial charge in [0.05, 0.1) is 5.69 Å². The van der Waals surface area contributed by atoms with Crippen molar-refractivity contribution in [2.45, 2.75) is 46.0 Å². The third-order valence-electron chi connectivity index (χ3n) is 7.54. The second-order valence-corrected chi connectivity index (χ2v) is 9.51. The molecule has 3 heterocycles. The Kier molecular flexibility index (Phi) is 5.76. The fourth-order valence-corrected chi connectivity index (χ4v) is 5.51. The topological polar surface area (TPSA) is 43.9 Å². The van der Waals surface area contributed by atoms with Crippen molar-refractivity contribution in [1.82, 2.24) is 4.90 Å². The third kappa shape index (κ3) is 3.95. The van der Waals surface area contributed by atoms with Crippen LogP contribution in [0.25, 0.3) is 0 Å². The summed E-state index contributed by atoms with van der Waals surface area (Å²) in [6, 6.07) is 10.7. The number of nitrogens with zero attached hydrogens (tertiary/aromatic N) is 3. The molecule has 0 spiro atoms. The van der Waals surface area contributed by atoms with Crippen molar-refractivity contribution in [3.05, 3.63) is 58.1 Å². The Hall–Kier alpha value is -2.66. The molecule has 0 atom stereocenters. The second kappa shape index (κ2) is 8.70. The van der Waals surface area contributed by atoms with E-state index in [1.165, 1.54) is 27.9 Å². The van der Waals surface area contributed by atoms with Crippen LogP contribution < -0.4 is 9.80 Å². The highest BCUT2D eigenvalue weighted by Gasteiger charge is 2.30. The van der Waals surface area contributed by atoms with Gasteiger partial charge in [0.15, 0.2) is 5.78 Å². The molecule has 5 heteroatoms. The summed E-state index contributed by atoms with van der Waals surface area (Å²) >= 11 is 0. The van der Waals surface area contributed by atoms with Gasteiger partial charge in [-0.3, -0.25) is 14.5 Å². The number of piperazine rings is 1. The summed E-state index contributed by atoms with van der Waals surface area (Å²) in [7, 11) is 0. The van der Waals surface area contributed by atoms with E-state index >= 15 is 0 Å². The molecule has 0 aromatic heterocycles. The maximum Gasteiger partial charge on any atom is 0.227 e. The monoisotopic (exact) mass is 431 g/mol. The van der Waals surface area contributed by atoms with Gasteiger partial charge in [0.1, 0.15) is 0 Å². The maximum absolute atomic E-state index is 13.1. The second-order valence-electron chi connectivity index (χ2n) is 9.51. The van der Waals surface area contributed by atoms with Gasteiger partial charge < -0.3 is 9.80 Å². The maximum atomic E-state index is 13.1. The van der Waals surface area contributed by atoms with Crippen LogP contribution in [0.4, 0.5) is 11.4 Å². The standard InChI is InChI=1S/C27H33N3O2/c1-19-5-3-7-24(20(19)2)29-15-13-28(14-16-29)12-10-25(31)23-17-21-6-4-11-30-26(32)9-8-22(18-23)27(21)30/h3,5,7,17-18H,4,6,8-16H2,1-2H3. The van der Waals surface area contributed by atoms with Gasteiger partial charge in [-0.2, -0.15) is 0 Å².